The van der Waals surface area contributed by atoms with Gasteiger partial charge in [0.2, 0.25) is 5.91 Å². The van der Waals surface area contributed by atoms with Gasteiger partial charge in [0, 0.05) is 17.4 Å². The molecule has 0 heterocycles. The van der Waals surface area contributed by atoms with Crippen LogP contribution in [0.25, 0.3) is 0 Å². The molecule has 27 heavy (non-hydrogen) atoms. The van der Waals surface area contributed by atoms with Crippen LogP contribution in [0.1, 0.15) is 25.8 Å². The molecule has 7 heteroatoms. The van der Waals surface area contributed by atoms with Crippen LogP contribution in [-0.2, 0) is 11.0 Å². The number of ether oxygens (including phenoxy) is 1. The lowest BCUT2D eigenvalue weighted by molar-refractivity contribution is -0.137. The normalized spacial score (nSPS) is 11.3. The summed E-state index contributed by atoms with van der Waals surface area (Å²) in [5.41, 5.74) is 0.0257. The first-order valence-electron chi connectivity index (χ1n) is 8.68. The van der Waals surface area contributed by atoms with Crippen LogP contribution in [0, 0.1) is 5.92 Å². The van der Waals surface area contributed by atoms with Crippen molar-refractivity contribution >= 4 is 17.3 Å². The molecule has 0 aromatic heterocycles. The number of hydrogen-bond donors (Lipinski definition) is 2. The number of carbonyl (C=O) groups excluding carboxylic acids is 1. The van der Waals surface area contributed by atoms with Crippen LogP contribution in [0.2, 0.25) is 0 Å². The smallest absolute Gasteiger partial charge is 0.416 e. The Bertz CT molecular complexity index is 761. The number of hydrogen-bond acceptors (Lipinski definition) is 3. The molecule has 1 amide bonds. The number of anilines is 2. The van der Waals surface area contributed by atoms with Gasteiger partial charge >= 0.3 is 6.18 Å². The molecule has 0 atom stereocenters. The summed E-state index contributed by atoms with van der Waals surface area (Å²) >= 11 is 0. The number of amides is 1. The van der Waals surface area contributed by atoms with Crippen LogP contribution in [0.4, 0.5) is 24.5 Å². The number of alkyl halides is 3. The minimum Gasteiger partial charge on any atom is -0.494 e. The Balaban J connectivity index is 1.87. The Kier molecular flexibility index (Phi) is 7.10. The summed E-state index contributed by atoms with van der Waals surface area (Å²) < 4.78 is 43.8. The predicted octanol–water partition coefficient (Wildman–Crippen LogP) is 5.18. The Hall–Kier alpha value is -2.70. The third-order valence-corrected chi connectivity index (χ3v) is 3.72. The summed E-state index contributed by atoms with van der Waals surface area (Å²) in [4.78, 5) is 12.0. The maximum absolute atomic E-state index is 12.7. The summed E-state index contributed by atoms with van der Waals surface area (Å²) in [6, 6.07) is 11.7. The largest absolute Gasteiger partial charge is 0.494 e. The number of rotatable bonds is 8. The van der Waals surface area contributed by atoms with E-state index in [4.69, 9.17) is 4.74 Å². The molecule has 2 aromatic carbocycles. The summed E-state index contributed by atoms with van der Waals surface area (Å²) in [6.07, 6.45) is -3.49. The molecule has 2 aromatic rings. The monoisotopic (exact) mass is 380 g/mol. The highest BCUT2D eigenvalue weighted by Gasteiger charge is 2.30. The van der Waals surface area contributed by atoms with Crippen molar-refractivity contribution in [3.8, 4) is 5.75 Å². The third kappa shape index (κ3) is 7.21. The van der Waals surface area contributed by atoms with Gasteiger partial charge in [-0.1, -0.05) is 26.0 Å². The molecule has 0 aliphatic heterocycles. The van der Waals surface area contributed by atoms with E-state index in [1.807, 2.05) is 0 Å². The van der Waals surface area contributed by atoms with Crippen LogP contribution in [0.5, 0.6) is 5.75 Å². The minimum atomic E-state index is -4.42. The molecule has 0 spiro atoms. The van der Waals surface area contributed by atoms with E-state index in [0.717, 1.165) is 18.6 Å². The Morgan fingerprint density at radius 2 is 1.78 bits per heavy atom. The first kappa shape index (κ1) is 20.6. The molecule has 0 fully saturated rings. The standard InChI is InChI=1S/C20H23F3N2O2/c1-14(2)9-10-27-18-8-4-7-17(12-18)25-19(26)13-24-16-6-3-5-15(11-16)20(21,22)23/h3-8,11-12,14,24H,9-10,13H2,1-2H3,(H,25,26). The fourth-order valence-corrected chi connectivity index (χ4v) is 2.27. The molecule has 146 valence electrons. The van der Waals surface area contributed by atoms with E-state index in [2.05, 4.69) is 24.5 Å². The molecule has 0 radical (unpaired) electrons. The quantitative estimate of drug-likeness (QED) is 0.663. The van der Waals surface area contributed by atoms with Crippen LogP contribution < -0.4 is 15.4 Å². The Morgan fingerprint density at radius 3 is 2.48 bits per heavy atom. The van der Waals surface area contributed by atoms with Gasteiger partial charge in [-0.2, -0.15) is 13.2 Å². The van der Waals surface area contributed by atoms with Gasteiger partial charge in [-0.25, -0.2) is 0 Å². The number of nitrogens with one attached hydrogen (secondary N) is 2. The highest BCUT2D eigenvalue weighted by Crippen LogP contribution is 2.30. The highest BCUT2D eigenvalue weighted by molar-refractivity contribution is 5.93. The number of benzene rings is 2. The zero-order valence-corrected chi connectivity index (χ0v) is 15.3. The number of carbonyl (C=O) groups is 1. The molecule has 0 aliphatic carbocycles. The maximum Gasteiger partial charge on any atom is 0.416 e. The molecule has 0 saturated carbocycles. The summed E-state index contributed by atoms with van der Waals surface area (Å²) in [7, 11) is 0. The SMILES string of the molecule is CC(C)CCOc1cccc(NC(=O)CNc2cccc(C(F)(F)F)c2)c1. The van der Waals surface area contributed by atoms with Gasteiger partial charge in [-0.3, -0.25) is 4.79 Å². The fraction of sp³-hybridized carbons (Fsp3) is 0.350. The molecular weight excluding hydrogens is 357 g/mol. The highest BCUT2D eigenvalue weighted by atomic mass is 19.4. The Morgan fingerprint density at radius 1 is 1.07 bits per heavy atom. The van der Waals surface area contributed by atoms with Crippen molar-refractivity contribution in [1.82, 2.24) is 0 Å². The lowest BCUT2D eigenvalue weighted by atomic mass is 10.1. The van der Waals surface area contributed by atoms with Crippen molar-refractivity contribution in [3.05, 3.63) is 54.1 Å². The fourth-order valence-electron chi connectivity index (χ4n) is 2.27. The summed E-state index contributed by atoms with van der Waals surface area (Å²) in [5.74, 6) is 0.820. The molecule has 0 aliphatic rings. The first-order chi connectivity index (χ1) is 12.7. The van der Waals surface area contributed by atoms with Crippen LogP contribution in [0.3, 0.4) is 0 Å². The molecule has 2 N–H and O–H groups in total. The molecule has 0 saturated heterocycles. The number of halogens is 3. The van der Waals surface area contributed by atoms with Gasteiger partial charge in [0.1, 0.15) is 5.75 Å². The van der Waals surface area contributed by atoms with Crippen molar-refractivity contribution < 1.29 is 22.7 Å². The van der Waals surface area contributed by atoms with E-state index < -0.39 is 11.7 Å². The molecule has 0 bridgehead atoms. The van der Waals surface area contributed by atoms with Crippen LogP contribution in [-0.4, -0.2) is 19.1 Å². The van der Waals surface area contributed by atoms with E-state index in [1.165, 1.54) is 12.1 Å². The van der Waals surface area contributed by atoms with E-state index in [9.17, 15) is 18.0 Å². The topological polar surface area (TPSA) is 50.4 Å². The van der Waals surface area contributed by atoms with Crippen LogP contribution in [0.15, 0.2) is 48.5 Å². The predicted molar refractivity (Wildman–Crippen MR) is 100.0 cm³/mol. The van der Waals surface area contributed by atoms with Gasteiger partial charge in [-0.15, -0.1) is 0 Å². The van der Waals surface area contributed by atoms with Crippen molar-refractivity contribution in [3.63, 3.8) is 0 Å². The molecular formula is C20H23F3N2O2. The van der Waals surface area contributed by atoms with E-state index in [1.54, 1.807) is 24.3 Å². The summed E-state index contributed by atoms with van der Waals surface area (Å²) in [5, 5.41) is 5.39. The van der Waals surface area contributed by atoms with Gasteiger partial charge in [0.25, 0.3) is 0 Å². The minimum absolute atomic E-state index is 0.153. The second-order valence-electron chi connectivity index (χ2n) is 6.54. The molecule has 0 unspecified atom stereocenters. The zero-order chi connectivity index (χ0) is 19.9. The molecule has 2 rings (SSSR count). The Labute approximate surface area is 156 Å². The van der Waals surface area contributed by atoms with Gasteiger partial charge in [-0.05, 0) is 42.7 Å². The van der Waals surface area contributed by atoms with Gasteiger partial charge in [0.15, 0.2) is 0 Å². The second-order valence-corrected chi connectivity index (χ2v) is 6.54. The third-order valence-electron chi connectivity index (χ3n) is 3.72. The maximum atomic E-state index is 12.7. The van der Waals surface area contributed by atoms with E-state index in [-0.39, 0.29) is 18.1 Å². The lowest BCUT2D eigenvalue weighted by Gasteiger charge is -2.12. The van der Waals surface area contributed by atoms with Crippen molar-refractivity contribution in [2.45, 2.75) is 26.4 Å². The van der Waals surface area contributed by atoms with Crippen LogP contribution >= 0.6 is 0 Å². The molecule has 4 nitrogen and oxygen atoms in total. The second kappa shape index (κ2) is 9.30. The average molecular weight is 380 g/mol. The zero-order valence-electron chi connectivity index (χ0n) is 15.3. The van der Waals surface area contributed by atoms with E-state index in [0.29, 0.717) is 24.0 Å². The van der Waals surface area contributed by atoms with Gasteiger partial charge < -0.3 is 15.4 Å². The van der Waals surface area contributed by atoms with Crippen molar-refractivity contribution in [1.29, 1.82) is 0 Å². The summed E-state index contributed by atoms with van der Waals surface area (Å²) in [6.45, 7) is 4.65. The average Bonchev–Trinajstić information content (AvgIpc) is 2.59. The lowest BCUT2D eigenvalue weighted by Crippen LogP contribution is -2.22. The van der Waals surface area contributed by atoms with Gasteiger partial charge in [0.05, 0.1) is 18.7 Å². The first-order valence-corrected chi connectivity index (χ1v) is 8.68. The van der Waals surface area contributed by atoms with E-state index >= 15 is 0 Å². The van der Waals surface area contributed by atoms with Crippen molar-refractivity contribution in [2.75, 3.05) is 23.8 Å². The van der Waals surface area contributed by atoms with Crippen molar-refractivity contribution in [2.24, 2.45) is 5.92 Å².